The van der Waals surface area contributed by atoms with Crippen molar-refractivity contribution in [2.45, 2.75) is 32.0 Å². The zero-order valence-corrected chi connectivity index (χ0v) is 12.6. The third kappa shape index (κ3) is 3.80. The SMILES string of the molecule is CN(Cc1cccc(C(F)(F)F)c1)C(=O)[C@@H]1CCC[C@@H]1CN. The number of alkyl halides is 3. The first kappa shape index (κ1) is 16.8. The Labute approximate surface area is 128 Å². The quantitative estimate of drug-likeness (QED) is 0.928. The molecule has 1 aliphatic rings. The molecule has 2 rings (SSSR count). The van der Waals surface area contributed by atoms with Crippen LogP contribution in [0, 0.1) is 11.8 Å². The summed E-state index contributed by atoms with van der Waals surface area (Å²) in [4.78, 5) is 14.0. The fourth-order valence-electron chi connectivity index (χ4n) is 3.12. The standard InChI is InChI=1S/C16H21F3N2O/c1-21(15(22)14-7-3-5-12(14)9-20)10-11-4-2-6-13(8-11)16(17,18)19/h2,4,6,8,12,14H,3,5,7,9-10,20H2,1H3/t12-,14-/m1/s1. The van der Waals surface area contributed by atoms with Crippen LogP contribution in [-0.4, -0.2) is 24.4 Å². The molecule has 1 aromatic rings. The van der Waals surface area contributed by atoms with E-state index >= 15 is 0 Å². The molecule has 6 heteroatoms. The summed E-state index contributed by atoms with van der Waals surface area (Å²) in [7, 11) is 1.63. The third-order valence-electron chi connectivity index (χ3n) is 4.33. The molecule has 122 valence electrons. The highest BCUT2D eigenvalue weighted by molar-refractivity contribution is 5.79. The van der Waals surface area contributed by atoms with Crippen LogP contribution in [-0.2, 0) is 17.5 Å². The molecule has 0 heterocycles. The Kier molecular flexibility index (Phi) is 5.11. The number of amides is 1. The van der Waals surface area contributed by atoms with Crippen molar-refractivity contribution < 1.29 is 18.0 Å². The first-order chi connectivity index (χ1) is 10.3. The zero-order valence-electron chi connectivity index (χ0n) is 12.6. The Balaban J connectivity index is 2.05. The van der Waals surface area contributed by atoms with Crippen molar-refractivity contribution in [2.24, 2.45) is 17.6 Å². The van der Waals surface area contributed by atoms with E-state index in [2.05, 4.69) is 0 Å². The van der Waals surface area contributed by atoms with Crippen molar-refractivity contribution in [2.75, 3.05) is 13.6 Å². The molecule has 1 aromatic carbocycles. The van der Waals surface area contributed by atoms with Gasteiger partial charge in [-0.3, -0.25) is 4.79 Å². The fourth-order valence-corrected chi connectivity index (χ4v) is 3.12. The Hall–Kier alpha value is -1.56. The van der Waals surface area contributed by atoms with Crippen LogP contribution in [0.15, 0.2) is 24.3 Å². The van der Waals surface area contributed by atoms with Crippen molar-refractivity contribution in [1.82, 2.24) is 4.90 Å². The van der Waals surface area contributed by atoms with Gasteiger partial charge in [0.15, 0.2) is 0 Å². The van der Waals surface area contributed by atoms with E-state index in [-0.39, 0.29) is 24.3 Å². The van der Waals surface area contributed by atoms with Gasteiger partial charge in [-0.2, -0.15) is 13.2 Å². The number of halogens is 3. The molecular formula is C16H21F3N2O. The van der Waals surface area contributed by atoms with Gasteiger partial charge in [-0.15, -0.1) is 0 Å². The Morgan fingerprint density at radius 2 is 2.09 bits per heavy atom. The topological polar surface area (TPSA) is 46.3 Å². The summed E-state index contributed by atoms with van der Waals surface area (Å²) in [6.45, 7) is 0.657. The highest BCUT2D eigenvalue weighted by atomic mass is 19.4. The maximum atomic E-state index is 12.7. The van der Waals surface area contributed by atoms with Crippen LogP contribution < -0.4 is 5.73 Å². The van der Waals surface area contributed by atoms with Crippen molar-refractivity contribution in [3.8, 4) is 0 Å². The largest absolute Gasteiger partial charge is 0.416 e. The molecule has 1 fully saturated rings. The first-order valence-corrected chi connectivity index (χ1v) is 7.44. The van der Waals surface area contributed by atoms with Gasteiger partial charge in [0.25, 0.3) is 0 Å². The van der Waals surface area contributed by atoms with Gasteiger partial charge in [0.1, 0.15) is 0 Å². The summed E-state index contributed by atoms with van der Waals surface area (Å²) in [6, 6.07) is 5.11. The van der Waals surface area contributed by atoms with Gasteiger partial charge in [0.2, 0.25) is 5.91 Å². The van der Waals surface area contributed by atoms with Crippen LogP contribution in [0.3, 0.4) is 0 Å². The number of rotatable bonds is 4. The van der Waals surface area contributed by atoms with Gasteiger partial charge >= 0.3 is 6.18 Å². The van der Waals surface area contributed by atoms with E-state index in [1.165, 1.54) is 11.0 Å². The molecule has 0 aliphatic heterocycles. The third-order valence-corrected chi connectivity index (χ3v) is 4.33. The molecule has 0 radical (unpaired) electrons. The summed E-state index contributed by atoms with van der Waals surface area (Å²) < 4.78 is 38.1. The van der Waals surface area contributed by atoms with Crippen LogP contribution >= 0.6 is 0 Å². The van der Waals surface area contributed by atoms with E-state index in [0.717, 1.165) is 31.4 Å². The lowest BCUT2D eigenvalue weighted by Gasteiger charge is -2.25. The minimum absolute atomic E-state index is 0.0228. The second-order valence-electron chi connectivity index (χ2n) is 5.93. The van der Waals surface area contributed by atoms with Crippen LogP contribution in [0.25, 0.3) is 0 Å². The fraction of sp³-hybridized carbons (Fsp3) is 0.562. The van der Waals surface area contributed by atoms with Gasteiger partial charge in [-0.25, -0.2) is 0 Å². The van der Waals surface area contributed by atoms with E-state index < -0.39 is 11.7 Å². The molecule has 2 N–H and O–H groups in total. The average Bonchev–Trinajstić information content (AvgIpc) is 2.94. The molecule has 22 heavy (non-hydrogen) atoms. The Morgan fingerprint density at radius 3 is 2.73 bits per heavy atom. The van der Waals surface area contributed by atoms with Gasteiger partial charge in [-0.05, 0) is 43.0 Å². The average molecular weight is 314 g/mol. The minimum Gasteiger partial charge on any atom is -0.341 e. The van der Waals surface area contributed by atoms with Crippen molar-refractivity contribution in [1.29, 1.82) is 0 Å². The smallest absolute Gasteiger partial charge is 0.341 e. The predicted molar refractivity (Wildman–Crippen MR) is 77.8 cm³/mol. The zero-order chi connectivity index (χ0) is 16.3. The second-order valence-corrected chi connectivity index (χ2v) is 5.93. The monoisotopic (exact) mass is 314 g/mol. The van der Waals surface area contributed by atoms with E-state index in [1.54, 1.807) is 13.1 Å². The summed E-state index contributed by atoms with van der Waals surface area (Å²) in [5, 5.41) is 0. The van der Waals surface area contributed by atoms with Crippen molar-refractivity contribution in [3.05, 3.63) is 35.4 Å². The van der Waals surface area contributed by atoms with E-state index in [4.69, 9.17) is 5.73 Å². The number of benzene rings is 1. The lowest BCUT2D eigenvalue weighted by Crippen LogP contribution is -2.36. The van der Waals surface area contributed by atoms with Crippen molar-refractivity contribution in [3.63, 3.8) is 0 Å². The lowest BCUT2D eigenvalue weighted by molar-refractivity contribution is -0.137. The summed E-state index contributed by atoms with van der Waals surface area (Å²) in [6.07, 6.45) is -1.62. The Morgan fingerprint density at radius 1 is 1.36 bits per heavy atom. The van der Waals surface area contributed by atoms with Gasteiger partial charge in [0.05, 0.1) is 5.56 Å². The molecule has 0 spiro atoms. The van der Waals surface area contributed by atoms with Gasteiger partial charge in [-0.1, -0.05) is 18.6 Å². The summed E-state index contributed by atoms with van der Waals surface area (Å²) in [5.74, 6) is 0.0719. The van der Waals surface area contributed by atoms with Crippen LogP contribution in [0.2, 0.25) is 0 Å². The van der Waals surface area contributed by atoms with Gasteiger partial charge in [0, 0.05) is 19.5 Å². The molecule has 0 unspecified atom stereocenters. The summed E-state index contributed by atoms with van der Waals surface area (Å²) in [5.41, 5.74) is 5.48. The van der Waals surface area contributed by atoms with Crippen LogP contribution in [0.4, 0.5) is 13.2 Å². The molecule has 3 nitrogen and oxygen atoms in total. The molecule has 1 aliphatic carbocycles. The molecule has 1 amide bonds. The van der Waals surface area contributed by atoms with Crippen molar-refractivity contribution >= 4 is 5.91 Å². The number of hydrogen-bond acceptors (Lipinski definition) is 2. The number of hydrogen-bond donors (Lipinski definition) is 1. The number of carbonyl (C=O) groups is 1. The lowest BCUT2D eigenvalue weighted by atomic mass is 9.94. The maximum absolute atomic E-state index is 12.7. The number of nitrogens with zero attached hydrogens (tertiary/aromatic N) is 1. The molecule has 0 aromatic heterocycles. The van der Waals surface area contributed by atoms with Crippen LogP contribution in [0.1, 0.15) is 30.4 Å². The van der Waals surface area contributed by atoms with E-state index in [0.29, 0.717) is 12.1 Å². The molecule has 0 saturated heterocycles. The second kappa shape index (κ2) is 6.69. The molecule has 0 bridgehead atoms. The Bertz CT molecular complexity index is 530. The molecular weight excluding hydrogens is 293 g/mol. The highest BCUT2D eigenvalue weighted by Crippen LogP contribution is 2.33. The molecule has 2 atom stereocenters. The van der Waals surface area contributed by atoms with Crippen LogP contribution in [0.5, 0.6) is 0 Å². The minimum atomic E-state index is -4.37. The summed E-state index contributed by atoms with van der Waals surface area (Å²) >= 11 is 0. The maximum Gasteiger partial charge on any atom is 0.416 e. The van der Waals surface area contributed by atoms with Gasteiger partial charge < -0.3 is 10.6 Å². The number of nitrogens with two attached hydrogens (primary N) is 1. The predicted octanol–water partition coefficient (Wildman–Crippen LogP) is 3.04. The van der Waals surface area contributed by atoms with E-state index in [9.17, 15) is 18.0 Å². The first-order valence-electron chi connectivity index (χ1n) is 7.44. The normalized spacial score (nSPS) is 21.9. The highest BCUT2D eigenvalue weighted by Gasteiger charge is 2.34. The van der Waals surface area contributed by atoms with E-state index in [1.807, 2.05) is 0 Å². The molecule has 1 saturated carbocycles. The number of carbonyl (C=O) groups excluding carboxylic acids is 1.